The van der Waals surface area contributed by atoms with Crippen molar-refractivity contribution in [2.75, 3.05) is 49.0 Å². The molecule has 1 unspecified atom stereocenters. The van der Waals surface area contributed by atoms with Crippen molar-refractivity contribution in [3.63, 3.8) is 0 Å². The zero-order valence-corrected chi connectivity index (χ0v) is 15.7. The summed E-state index contributed by atoms with van der Waals surface area (Å²) in [5, 5.41) is 13.6. The Balaban J connectivity index is 1.66. The fraction of sp³-hybridized carbons (Fsp3) is 0.368. The monoisotopic (exact) mass is 376 g/mol. The van der Waals surface area contributed by atoms with Crippen LogP contribution in [0.4, 0.5) is 17.3 Å². The highest BCUT2D eigenvalue weighted by molar-refractivity contribution is 5.88. The normalized spacial score (nSPS) is 18.2. The number of nitriles is 1. The Morgan fingerprint density at radius 3 is 3.07 bits per heavy atom. The van der Waals surface area contributed by atoms with E-state index in [-0.39, 0.29) is 6.17 Å². The number of aromatic nitrogens is 4. The van der Waals surface area contributed by atoms with Crippen LogP contribution in [0.5, 0.6) is 0 Å². The standard InChI is InChI=1S/C19H20N8O/c1-26(2)18-15-19(27-4-3-5-28-10-14(27)23-15)25-16(24-18)11-6-13-12(7-20)9-22-17(13)21-8-11/h6,8-9,14,23H,3-5,10H2,1-2H3,(H,21,22). The number of aromatic amines is 1. The van der Waals surface area contributed by atoms with Crippen LogP contribution in [0.3, 0.4) is 0 Å². The zero-order valence-electron chi connectivity index (χ0n) is 15.7. The molecule has 9 nitrogen and oxygen atoms in total. The lowest BCUT2D eigenvalue weighted by Crippen LogP contribution is -2.38. The Bertz CT molecular complexity index is 1100. The molecule has 3 aromatic heterocycles. The maximum absolute atomic E-state index is 9.32. The molecule has 9 heteroatoms. The van der Waals surface area contributed by atoms with Crippen molar-refractivity contribution in [2.45, 2.75) is 12.6 Å². The molecule has 28 heavy (non-hydrogen) atoms. The third-order valence-electron chi connectivity index (χ3n) is 5.13. The van der Waals surface area contributed by atoms with Crippen molar-refractivity contribution in [3.8, 4) is 17.5 Å². The predicted octanol–water partition coefficient (Wildman–Crippen LogP) is 1.94. The summed E-state index contributed by atoms with van der Waals surface area (Å²) < 4.78 is 5.71. The van der Waals surface area contributed by atoms with E-state index in [2.05, 4.69) is 26.3 Å². The summed E-state index contributed by atoms with van der Waals surface area (Å²) in [6.07, 6.45) is 4.43. The summed E-state index contributed by atoms with van der Waals surface area (Å²) in [5.41, 5.74) is 2.95. The number of hydrogen-bond acceptors (Lipinski definition) is 8. The molecule has 1 saturated heterocycles. The van der Waals surface area contributed by atoms with E-state index < -0.39 is 0 Å². The lowest BCUT2D eigenvalue weighted by Gasteiger charge is -2.22. The highest BCUT2D eigenvalue weighted by Crippen LogP contribution is 2.41. The highest BCUT2D eigenvalue weighted by Gasteiger charge is 2.35. The third kappa shape index (κ3) is 2.53. The molecule has 0 bridgehead atoms. The number of nitrogens with zero attached hydrogens (tertiary/aromatic N) is 6. The molecule has 142 valence electrons. The number of ether oxygens (including phenoxy) is 1. The molecular weight excluding hydrogens is 356 g/mol. The van der Waals surface area contributed by atoms with Gasteiger partial charge in [0.05, 0.1) is 12.2 Å². The number of anilines is 3. The first kappa shape index (κ1) is 16.8. The van der Waals surface area contributed by atoms with Crippen LogP contribution in [0.25, 0.3) is 22.4 Å². The Morgan fingerprint density at radius 1 is 1.36 bits per heavy atom. The number of pyridine rings is 1. The van der Waals surface area contributed by atoms with Crippen LogP contribution in [-0.4, -0.2) is 60.0 Å². The van der Waals surface area contributed by atoms with E-state index in [9.17, 15) is 5.26 Å². The quantitative estimate of drug-likeness (QED) is 0.699. The molecule has 1 fully saturated rings. The maximum atomic E-state index is 9.32. The summed E-state index contributed by atoms with van der Waals surface area (Å²) in [7, 11) is 3.94. The van der Waals surface area contributed by atoms with Gasteiger partial charge >= 0.3 is 0 Å². The van der Waals surface area contributed by atoms with Crippen molar-refractivity contribution >= 4 is 28.4 Å². The minimum Gasteiger partial charge on any atom is -0.377 e. The molecule has 0 amide bonds. The zero-order chi connectivity index (χ0) is 19.3. The second-order valence-electron chi connectivity index (χ2n) is 7.18. The predicted molar refractivity (Wildman–Crippen MR) is 106 cm³/mol. The second-order valence-corrected chi connectivity index (χ2v) is 7.18. The molecule has 0 aliphatic carbocycles. The van der Waals surface area contributed by atoms with Gasteiger partial charge in [0.25, 0.3) is 0 Å². The van der Waals surface area contributed by atoms with Gasteiger partial charge in [0.15, 0.2) is 17.5 Å². The molecule has 5 heterocycles. The Hall–Kier alpha value is -3.38. The summed E-state index contributed by atoms with van der Waals surface area (Å²) in [6.45, 7) is 2.25. The minimum atomic E-state index is 0.0659. The van der Waals surface area contributed by atoms with Gasteiger partial charge in [-0.2, -0.15) is 5.26 Å². The van der Waals surface area contributed by atoms with E-state index in [0.29, 0.717) is 23.6 Å². The molecule has 0 spiro atoms. The smallest absolute Gasteiger partial charge is 0.165 e. The molecule has 3 aromatic rings. The topological polar surface area (TPSA) is 106 Å². The Kier molecular flexibility index (Phi) is 3.80. The van der Waals surface area contributed by atoms with Gasteiger partial charge in [-0.3, -0.25) is 0 Å². The van der Waals surface area contributed by atoms with Crippen molar-refractivity contribution in [1.29, 1.82) is 5.26 Å². The average Bonchev–Trinajstić information content (AvgIpc) is 3.19. The Labute approximate surface area is 162 Å². The fourth-order valence-electron chi connectivity index (χ4n) is 3.76. The van der Waals surface area contributed by atoms with E-state index in [1.165, 1.54) is 0 Å². The highest BCUT2D eigenvalue weighted by atomic mass is 16.5. The van der Waals surface area contributed by atoms with E-state index in [1.54, 1.807) is 12.4 Å². The fourth-order valence-corrected chi connectivity index (χ4v) is 3.76. The van der Waals surface area contributed by atoms with E-state index >= 15 is 0 Å². The SMILES string of the molecule is CN(C)c1nc(-c2cnc3[nH]cc(C#N)c3c2)nc2c1NC1COCCCN21. The molecule has 5 rings (SSSR count). The van der Waals surface area contributed by atoms with Crippen LogP contribution >= 0.6 is 0 Å². The third-order valence-corrected chi connectivity index (χ3v) is 5.13. The number of nitrogens with one attached hydrogen (secondary N) is 2. The van der Waals surface area contributed by atoms with Crippen LogP contribution in [-0.2, 0) is 4.74 Å². The number of hydrogen-bond donors (Lipinski definition) is 2. The Morgan fingerprint density at radius 2 is 2.25 bits per heavy atom. The molecule has 2 aliphatic rings. The van der Waals surface area contributed by atoms with Gasteiger partial charge in [0, 0.05) is 50.6 Å². The summed E-state index contributed by atoms with van der Waals surface area (Å²) in [6, 6.07) is 4.11. The van der Waals surface area contributed by atoms with Gasteiger partial charge in [-0.1, -0.05) is 0 Å². The number of fused-ring (bicyclic) bond motifs is 4. The molecular formula is C19H20N8O. The average molecular weight is 376 g/mol. The van der Waals surface area contributed by atoms with Crippen LogP contribution < -0.4 is 15.1 Å². The van der Waals surface area contributed by atoms with Crippen LogP contribution in [0.2, 0.25) is 0 Å². The first-order valence-electron chi connectivity index (χ1n) is 9.23. The maximum Gasteiger partial charge on any atom is 0.165 e. The van der Waals surface area contributed by atoms with Gasteiger partial charge in [-0.15, -0.1) is 0 Å². The summed E-state index contributed by atoms with van der Waals surface area (Å²) in [4.78, 5) is 21.4. The van der Waals surface area contributed by atoms with Crippen molar-refractivity contribution in [1.82, 2.24) is 19.9 Å². The van der Waals surface area contributed by atoms with Gasteiger partial charge in [-0.25, -0.2) is 15.0 Å². The molecule has 0 radical (unpaired) electrons. The lowest BCUT2D eigenvalue weighted by atomic mass is 10.1. The van der Waals surface area contributed by atoms with Crippen molar-refractivity contribution in [2.24, 2.45) is 0 Å². The molecule has 2 aliphatic heterocycles. The van der Waals surface area contributed by atoms with Crippen LogP contribution in [0, 0.1) is 11.3 Å². The summed E-state index contributed by atoms with van der Waals surface area (Å²) in [5.74, 6) is 2.30. The van der Waals surface area contributed by atoms with Crippen molar-refractivity contribution < 1.29 is 4.74 Å². The first-order valence-corrected chi connectivity index (χ1v) is 9.23. The van der Waals surface area contributed by atoms with Crippen molar-refractivity contribution in [3.05, 3.63) is 24.0 Å². The van der Waals surface area contributed by atoms with Gasteiger partial charge in [0.2, 0.25) is 0 Å². The minimum absolute atomic E-state index is 0.0659. The summed E-state index contributed by atoms with van der Waals surface area (Å²) >= 11 is 0. The van der Waals surface area contributed by atoms with Gasteiger partial charge < -0.3 is 24.8 Å². The van der Waals surface area contributed by atoms with Crippen LogP contribution in [0.1, 0.15) is 12.0 Å². The number of H-pyrrole nitrogens is 1. The number of rotatable bonds is 2. The molecule has 2 N–H and O–H groups in total. The van der Waals surface area contributed by atoms with Gasteiger partial charge in [0.1, 0.15) is 23.6 Å². The molecule has 0 aromatic carbocycles. The largest absolute Gasteiger partial charge is 0.377 e. The van der Waals surface area contributed by atoms with Crippen LogP contribution in [0.15, 0.2) is 18.5 Å². The lowest BCUT2D eigenvalue weighted by molar-refractivity contribution is 0.139. The van der Waals surface area contributed by atoms with E-state index in [1.807, 2.05) is 25.1 Å². The second kappa shape index (κ2) is 6.35. The van der Waals surface area contributed by atoms with E-state index in [0.717, 1.165) is 47.8 Å². The molecule has 0 saturated carbocycles. The first-order chi connectivity index (χ1) is 13.7. The molecule has 1 atom stereocenters. The van der Waals surface area contributed by atoms with Gasteiger partial charge in [-0.05, 0) is 12.5 Å². The van der Waals surface area contributed by atoms with E-state index in [4.69, 9.17) is 14.7 Å².